The molecule has 2 bridgehead atoms. The van der Waals surface area contributed by atoms with E-state index in [2.05, 4.69) is 31.7 Å². The summed E-state index contributed by atoms with van der Waals surface area (Å²) in [4.78, 5) is 26.3. The lowest BCUT2D eigenvalue weighted by atomic mass is 9.65. The predicted molar refractivity (Wildman–Crippen MR) is 123 cm³/mol. The number of amides is 1. The van der Waals surface area contributed by atoms with Crippen LogP contribution in [-0.2, 0) is 0 Å². The maximum Gasteiger partial charge on any atom is 0.254 e. The number of carbonyl (C=O) groups is 1. The van der Waals surface area contributed by atoms with Gasteiger partial charge in [0.25, 0.3) is 5.91 Å². The van der Waals surface area contributed by atoms with Crippen LogP contribution in [0.25, 0.3) is 31.5 Å². The minimum atomic E-state index is 0.163. The van der Waals surface area contributed by atoms with Crippen molar-refractivity contribution in [1.29, 1.82) is 0 Å². The molecular formula is C25H25N3OS. The van der Waals surface area contributed by atoms with Crippen LogP contribution in [-0.4, -0.2) is 33.4 Å². The van der Waals surface area contributed by atoms with Crippen molar-refractivity contribution in [2.45, 2.75) is 46.1 Å². The van der Waals surface area contributed by atoms with Crippen LogP contribution in [0.3, 0.4) is 0 Å². The number of likely N-dealkylation sites (tertiary alicyclic amines) is 1. The average molecular weight is 416 g/mol. The van der Waals surface area contributed by atoms with Crippen molar-refractivity contribution in [3.8, 4) is 0 Å². The average Bonchev–Trinajstić information content (AvgIpc) is 3.17. The van der Waals surface area contributed by atoms with Crippen LogP contribution in [0, 0.1) is 10.8 Å². The zero-order chi connectivity index (χ0) is 20.7. The topological polar surface area (TPSA) is 46.1 Å². The van der Waals surface area contributed by atoms with Gasteiger partial charge in [0.15, 0.2) is 0 Å². The molecule has 1 aliphatic heterocycles. The monoisotopic (exact) mass is 415 g/mol. The summed E-state index contributed by atoms with van der Waals surface area (Å²) in [6.45, 7) is 7.91. The Balaban J connectivity index is 1.43. The zero-order valence-corrected chi connectivity index (χ0v) is 18.4. The Kier molecular flexibility index (Phi) is 3.65. The van der Waals surface area contributed by atoms with E-state index >= 15 is 0 Å². The molecule has 0 radical (unpaired) electrons. The molecule has 2 atom stereocenters. The highest BCUT2D eigenvalue weighted by atomic mass is 32.1. The van der Waals surface area contributed by atoms with Crippen molar-refractivity contribution >= 4 is 48.7 Å². The van der Waals surface area contributed by atoms with E-state index in [0.29, 0.717) is 11.5 Å². The summed E-state index contributed by atoms with van der Waals surface area (Å²) in [7, 11) is 0. The third-order valence-corrected chi connectivity index (χ3v) is 7.96. The van der Waals surface area contributed by atoms with Gasteiger partial charge in [-0.25, -0.2) is 9.97 Å². The number of fused-ring (bicyclic) bond motifs is 6. The quantitative estimate of drug-likeness (QED) is 0.381. The molecular weight excluding hydrogens is 390 g/mol. The molecule has 1 amide bonds. The first-order chi connectivity index (χ1) is 14.3. The molecule has 1 saturated heterocycles. The van der Waals surface area contributed by atoms with Gasteiger partial charge in [0.2, 0.25) is 0 Å². The van der Waals surface area contributed by atoms with Gasteiger partial charge in [-0.2, -0.15) is 0 Å². The Bertz CT molecular complexity index is 1340. The number of aromatic nitrogens is 2. The Morgan fingerprint density at radius 2 is 1.83 bits per heavy atom. The highest BCUT2D eigenvalue weighted by Crippen LogP contribution is 2.52. The Morgan fingerprint density at radius 3 is 2.63 bits per heavy atom. The molecule has 3 heterocycles. The van der Waals surface area contributed by atoms with E-state index in [1.807, 2.05) is 36.4 Å². The van der Waals surface area contributed by atoms with E-state index in [1.54, 1.807) is 11.3 Å². The molecule has 2 aliphatic rings. The fourth-order valence-corrected chi connectivity index (χ4v) is 7.14. The van der Waals surface area contributed by atoms with Crippen molar-refractivity contribution in [2.75, 3.05) is 6.54 Å². The molecule has 2 aromatic carbocycles. The fourth-order valence-electron chi connectivity index (χ4n) is 6.13. The smallest absolute Gasteiger partial charge is 0.254 e. The first-order valence-corrected chi connectivity index (χ1v) is 11.5. The largest absolute Gasteiger partial charge is 0.335 e. The number of nitrogens with zero attached hydrogens (tertiary/aromatic N) is 3. The number of para-hydroxylation sites is 2. The van der Waals surface area contributed by atoms with Gasteiger partial charge in [-0.3, -0.25) is 4.79 Å². The van der Waals surface area contributed by atoms with Gasteiger partial charge in [-0.05, 0) is 60.4 Å². The molecule has 6 rings (SSSR count). The lowest BCUT2D eigenvalue weighted by Crippen LogP contribution is -2.37. The number of benzene rings is 2. The van der Waals surface area contributed by atoms with Crippen LogP contribution in [0.1, 0.15) is 50.4 Å². The summed E-state index contributed by atoms with van der Waals surface area (Å²) in [5.74, 6) is 0.163. The summed E-state index contributed by atoms with van der Waals surface area (Å²) in [6, 6.07) is 14.4. The summed E-state index contributed by atoms with van der Waals surface area (Å²) < 4.78 is 1.13. The third kappa shape index (κ3) is 2.75. The molecule has 30 heavy (non-hydrogen) atoms. The molecule has 1 aliphatic carbocycles. The van der Waals surface area contributed by atoms with Crippen molar-refractivity contribution < 1.29 is 4.79 Å². The molecule has 0 spiro atoms. The number of thiophene rings is 1. The van der Waals surface area contributed by atoms with Gasteiger partial charge >= 0.3 is 0 Å². The van der Waals surface area contributed by atoms with Gasteiger partial charge in [0, 0.05) is 28.2 Å². The first-order valence-electron chi connectivity index (χ1n) is 10.7. The number of hydrogen-bond donors (Lipinski definition) is 0. The van der Waals surface area contributed by atoms with Gasteiger partial charge in [-0.15, -0.1) is 11.3 Å². The molecule has 0 N–H and O–H groups in total. The van der Waals surface area contributed by atoms with Crippen LogP contribution in [0.15, 0.2) is 42.5 Å². The summed E-state index contributed by atoms with van der Waals surface area (Å²) in [6.07, 6.45) is 3.41. The standard InChI is InChI=1S/C25H25N3OS/c1-24(2)11-16-12-25(3,13-24)14-28(16)23(29)15-8-9-20-17(10-15)21-22(30-20)27-19-7-5-4-6-18(19)26-21/h4-10,16H,11-14H2,1-3H3/t16-,25+/m0/s1. The maximum absolute atomic E-state index is 13.6. The van der Waals surface area contributed by atoms with E-state index in [1.165, 1.54) is 6.42 Å². The second kappa shape index (κ2) is 6.01. The minimum absolute atomic E-state index is 0.163. The van der Waals surface area contributed by atoms with Crippen molar-refractivity contribution in [3.63, 3.8) is 0 Å². The molecule has 2 fully saturated rings. The third-order valence-electron chi connectivity index (χ3n) is 6.90. The minimum Gasteiger partial charge on any atom is -0.335 e. The molecule has 5 heteroatoms. The summed E-state index contributed by atoms with van der Waals surface area (Å²) in [5, 5.41) is 1.04. The number of carbonyl (C=O) groups excluding carboxylic acids is 1. The predicted octanol–water partition coefficient (Wildman–Crippen LogP) is 6.04. The van der Waals surface area contributed by atoms with E-state index < -0.39 is 0 Å². The lowest BCUT2D eigenvalue weighted by Gasteiger charge is -2.39. The SMILES string of the molecule is CC1(C)C[C@H]2C[C@@](C)(CN2C(=O)c2ccc3sc4nc5ccccc5nc4c3c2)C1. The van der Waals surface area contributed by atoms with Gasteiger partial charge in [0.1, 0.15) is 10.3 Å². The van der Waals surface area contributed by atoms with Crippen molar-refractivity contribution in [3.05, 3.63) is 48.0 Å². The molecule has 4 nitrogen and oxygen atoms in total. The van der Waals surface area contributed by atoms with Crippen LogP contribution < -0.4 is 0 Å². The summed E-state index contributed by atoms with van der Waals surface area (Å²) >= 11 is 1.65. The Morgan fingerprint density at radius 1 is 1.07 bits per heavy atom. The maximum atomic E-state index is 13.6. The van der Waals surface area contributed by atoms with Gasteiger partial charge in [0.05, 0.1) is 11.0 Å². The second-order valence-corrected chi connectivity index (χ2v) is 11.4. The van der Waals surface area contributed by atoms with E-state index in [-0.39, 0.29) is 11.3 Å². The van der Waals surface area contributed by atoms with E-state index in [9.17, 15) is 4.79 Å². The lowest BCUT2D eigenvalue weighted by molar-refractivity contribution is 0.0708. The molecule has 0 unspecified atom stereocenters. The fraction of sp³-hybridized carbons (Fsp3) is 0.400. The molecule has 152 valence electrons. The zero-order valence-electron chi connectivity index (χ0n) is 17.6. The van der Waals surface area contributed by atoms with Gasteiger partial charge in [-0.1, -0.05) is 32.9 Å². The molecule has 1 saturated carbocycles. The highest BCUT2D eigenvalue weighted by Gasteiger charge is 2.51. The van der Waals surface area contributed by atoms with Crippen LogP contribution >= 0.6 is 11.3 Å². The van der Waals surface area contributed by atoms with Gasteiger partial charge < -0.3 is 4.90 Å². The Hall–Kier alpha value is -2.53. The van der Waals surface area contributed by atoms with Crippen molar-refractivity contribution in [1.82, 2.24) is 14.9 Å². The van der Waals surface area contributed by atoms with Crippen molar-refractivity contribution in [2.24, 2.45) is 10.8 Å². The van der Waals surface area contributed by atoms with Crippen LogP contribution in [0.4, 0.5) is 0 Å². The molecule has 2 aromatic heterocycles. The number of rotatable bonds is 1. The van der Waals surface area contributed by atoms with Crippen LogP contribution in [0.5, 0.6) is 0 Å². The van der Waals surface area contributed by atoms with E-state index in [4.69, 9.17) is 9.97 Å². The first kappa shape index (κ1) is 18.3. The Labute approximate surface area is 179 Å². The highest BCUT2D eigenvalue weighted by molar-refractivity contribution is 7.25. The summed E-state index contributed by atoms with van der Waals surface area (Å²) in [5.41, 5.74) is 4.02. The van der Waals surface area contributed by atoms with E-state index in [0.717, 1.165) is 56.4 Å². The normalized spacial score (nSPS) is 25.4. The second-order valence-electron chi connectivity index (χ2n) is 10.3. The van der Waals surface area contributed by atoms with Crippen LogP contribution in [0.2, 0.25) is 0 Å². The molecule has 4 aromatic rings. The number of hydrogen-bond acceptors (Lipinski definition) is 4.